The highest BCUT2D eigenvalue weighted by molar-refractivity contribution is 7.47. The Morgan fingerprint density at radius 1 is 0.643 bits per heavy atom. The van der Waals surface area contributed by atoms with Crippen LogP contribution in [0.5, 0.6) is 0 Å². The highest BCUT2D eigenvalue weighted by Gasteiger charge is 2.25. The fourth-order valence-corrected chi connectivity index (χ4v) is 5.45. The molecule has 10 nitrogen and oxygen atoms in total. The van der Waals surface area contributed by atoms with E-state index in [4.69, 9.17) is 24.3 Å². The van der Waals surface area contributed by atoms with Gasteiger partial charge in [0.25, 0.3) is 0 Å². The Balaban J connectivity index is 4.47. The highest BCUT2D eigenvalue weighted by atomic mass is 31.2. The molecule has 316 valence electrons. The summed E-state index contributed by atoms with van der Waals surface area (Å²) in [5.74, 6) is -1.02. The van der Waals surface area contributed by atoms with Crippen LogP contribution in [-0.4, -0.2) is 60.5 Å². The summed E-state index contributed by atoms with van der Waals surface area (Å²) in [5, 5.41) is 10.00. The van der Waals surface area contributed by atoms with Gasteiger partial charge in [-0.25, -0.2) is 4.57 Å². The van der Waals surface area contributed by atoms with Crippen molar-refractivity contribution in [2.45, 2.75) is 135 Å². The fraction of sp³-hybridized carbons (Fsp3) is 0.556. The molecule has 0 saturated carbocycles. The summed E-state index contributed by atoms with van der Waals surface area (Å²) in [4.78, 5) is 34.8. The number of esters is 2. The van der Waals surface area contributed by atoms with Crippen LogP contribution in [0.3, 0.4) is 0 Å². The lowest BCUT2D eigenvalue weighted by molar-refractivity contribution is -0.161. The Kier molecular flexibility index (Phi) is 37.5. The van der Waals surface area contributed by atoms with Crippen molar-refractivity contribution < 1.29 is 42.7 Å². The van der Waals surface area contributed by atoms with Crippen molar-refractivity contribution in [2.75, 3.05) is 26.4 Å². The van der Waals surface area contributed by atoms with Crippen molar-refractivity contribution in [2.24, 2.45) is 5.73 Å². The Labute approximate surface area is 338 Å². The van der Waals surface area contributed by atoms with E-state index < -0.39 is 38.6 Å². The van der Waals surface area contributed by atoms with E-state index in [0.29, 0.717) is 32.1 Å². The van der Waals surface area contributed by atoms with Gasteiger partial charge in [-0.1, -0.05) is 136 Å². The van der Waals surface area contributed by atoms with Crippen LogP contribution >= 0.6 is 7.82 Å². The van der Waals surface area contributed by atoms with Crippen LogP contribution in [0.2, 0.25) is 0 Å². The van der Waals surface area contributed by atoms with Gasteiger partial charge in [-0.05, 0) is 83.5 Å². The number of nitrogens with two attached hydrogens (primary N) is 1. The third-order valence-corrected chi connectivity index (χ3v) is 8.71. The Bertz CT molecular complexity index is 1300. The Morgan fingerprint density at radius 3 is 1.77 bits per heavy atom. The first-order valence-corrected chi connectivity index (χ1v) is 22.0. The van der Waals surface area contributed by atoms with Crippen LogP contribution in [0.25, 0.3) is 0 Å². The van der Waals surface area contributed by atoms with Gasteiger partial charge in [-0.15, -0.1) is 0 Å². The predicted molar refractivity (Wildman–Crippen MR) is 230 cm³/mol. The predicted octanol–water partition coefficient (Wildman–Crippen LogP) is 10.6. The highest BCUT2D eigenvalue weighted by Crippen LogP contribution is 2.43. The summed E-state index contributed by atoms with van der Waals surface area (Å²) in [6.45, 7) is 3.33. The molecule has 0 aliphatic heterocycles. The number of allylic oxidation sites excluding steroid dienone is 16. The summed E-state index contributed by atoms with van der Waals surface area (Å²) in [5.41, 5.74) is 5.33. The number of rotatable bonds is 36. The number of unbranched alkanes of at least 4 members (excludes halogenated alkanes) is 5. The molecule has 0 heterocycles. The zero-order valence-corrected chi connectivity index (χ0v) is 35.1. The van der Waals surface area contributed by atoms with E-state index in [9.17, 15) is 24.2 Å². The average molecular weight is 802 g/mol. The lowest BCUT2D eigenvalue weighted by Crippen LogP contribution is -2.29. The van der Waals surface area contributed by atoms with Gasteiger partial charge in [0.15, 0.2) is 6.10 Å². The van der Waals surface area contributed by atoms with E-state index in [1.807, 2.05) is 48.6 Å². The average Bonchev–Trinajstić information content (AvgIpc) is 3.18. The first-order valence-electron chi connectivity index (χ1n) is 20.5. The van der Waals surface area contributed by atoms with Crippen molar-refractivity contribution in [1.82, 2.24) is 0 Å². The molecule has 0 aliphatic rings. The number of aliphatic hydroxyl groups is 1. The minimum absolute atomic E-state index is 0.0216. The van der Waals surface area contributed by atoms with Crippen molar-refractivity contribution in [3.8, 4) is 0 Å². The van der Waals surface area contributed by atoms with Crippen LogP contribution in [0.15, 0.2) is 109 Å². The van der Waals surface area contributed by atoms with Gasteiger partial charge < -0.3 is 25.2 Å². The molecule has 0 aromatic rings. The summed E-state index contributed by atoms with van der Waals surface area (Å²) in [6.07, 6.45) is 48.8. The zero-order valence-electron chi connectivity index (χ0n) is 34.2. The third kappa shape index (κ3) is 38.9. The minimum atomic E-state index is -4.42. The lowest BCUT2D eigenvalue weighted by Gasteiger charge is -2.19. The second-order valence-corrected chi connectivity index (χ2v) is 14.4. The second kappa shape index (κ2) is 39.8. The van der Waals surface area contributed by atoms with Crippen molar-refractivity contribution in [3.63, 3.8) is 0 Å². The summed E-state index contributed by atoms with van der Waals surface area (Å²) in [6, 6.07) is 0. The zero-order chi connectivity index (χ0) is 41.2. The molecule has 0 aromatic carbocycles. The molecular weight excluding hydrogens is 729 g/mol. The van der Waals surface area contributed by atoms with Crippen molar-refractivity contribution >= 4 is 19.8 Å². The van der Waals surface area contributed by atoms with Gasteiger partial charge in [0, 0.05) is 19.4 Å². The van der Waals surface area contributed by atoms with Crippen LogP contribution in [0.1, 0.15) is 123 Å². The van der Waals surface area contributed by atoms with E-state index in [2.05, 4.69) is 68.5 Å². The first-order chi connectivity index (χ1) is 27.2. The SMILES string of the molecule is CC/C=C\C/C=C\CC(O)/C=C/C=C\C/C=C\CCCC(=O)OC[C@H](COP(=O)(O)OCCN)OC(=O)CCC/C=C\C/C=C\C/C=C\C/C=C\CCCCC. The van der Waals surface area contributed by atoms with Gasteiger partial charge in [0.1, 0.15) is 6.61 Å². The number of phosphoric ester groups is 1. The monoisotopic (exact) mass is 801 g/mol. The van der Waals surface area contributed by atoms with Gasteiger partial charge in [-0.2, -0.15) is 0 Å². The molecule has 0 amide bonds. The number of carbonyl (C=O) groups excluding carboxylic acids is 2. The minimum Gasteiger partial charge on any atom is -0.462 e. The molecule has 0 fully saturated rings. The molecule has 0 radical (unpaired) electrons. The van der Waals surface area contributed by atoms with Gasteiger partial charge in [0.05, 0.1) is 19.3 Å². The smallest absolute Gasteiger partial charge is 0.462 e. The second-order valence-electron chi connectivity index (χ2n) is 13.0. The van der Waals surface area contributed by atoms with Gasteiger partial charge >= 0.3 is 19.8 Å². The largest absolute Gasteiger partial charge is 0.472 e. The maximum absolute atomic E-state index is 12.5. The molecule has 56 heavy (non-hydrogen) atoms. The number of ether oxygens (including phenoxy) is 2. The number of hydrogen-bond donors (Lipinski definition) is 3. The molecule has 0 aliphatic carbocycles. The summed E-state index contributed by atoms with van der Waals surface area (Å²) in [7, 11) is -4.42. The summed E-state index contributed by atoms with van der Waals surface area (Å²) >= 11 is 0. The number of hydrogen-bond acceptors (Lipinski definition) is 9. The number of aliphatic hydroxyl groups excluding tert-OH is 1. The molecular formula is C45H72NO9P. The quantitative estimate of drug-likeness (QED) is 0.0183. The standard InChI is InChI=1S/C45H72NO9P/c1-3-5-7-9-11-12-13-14-15-16-17-18-19-20-25-29-33-37-45(49)55-43(41-54-56(50,51)53-39-38-46)40-52-44(48)36-32-28-24-22-21-23-27-31-35-42(47)34-30-26-10-8-6-4-2/h6,8,11-12,14-15,17-18,20,22-27,30-31,35,42-43,47H,3-5,7,9-10,13,16,19,21,28-29,32-34,36-41,46H2,1-2H3,(H,50,51)/b8-6-,12-11-,15-14-,18-17-,24-22-,25-20-,27-23-,30-26-,35-31+/t42?,43-/m1/s1. The molecule has 11 heteroatoms. The fourth-order valence-electron chi connectivity index (χ4n) is 4.69. The first kappa shape index (κ1) is 52.6. The van der Waals surface area contributed by atoms with Crippen LogP contribution < -0.4 is 5.73 Å². The normalized spacial score (nSPS) is 15.0. The van der Waals surface area contributed by atoms with Crippen LogP contribution in [-0.2, 0) is 32.7 Å². The van der Waals surface area contributed by atoms with E-state index >= 15 is 0 Å². The van der Waals surface area contributed by atoms with E-state index in [1.54, 1.807) is 6.08 Å². The molecule has 0 spiro atoms. The number of carbonyl (C=O) groups is 2. The Hall–Kier alpha value is -3.37. The van der Waals surface area contributed by atoms with E-state index in [1.165, 1.54) is 19.3 Å². The van der Waals surface area contributed by atoms with Crippen LogP contribution in [0.4, 0.5) is 0 Å². The van der Waals surface area contributed by atoms with Crippen LogP contribution in [0, 0.1) is 0 Å². The molecule has 0 rings (SSSR count). The van der Waals surface area contributed by atoms with Gasteiger partial charge in [-0.3, -0.25) is 18.6 Å². The Morgan fingerprint density at radius 2 is 1.18 bits per heavy atom. The molecule has 3 atom stereocenters. The molecule has 0 saturated heterocycles. The topological polar surface area (TPSA) is 155 Å². The lowest BCUT2D eigenvalue weighted by atomic mass is 10.2. The molecule has 0 aromatic heterocycles. The third-order valence-electron chi connectivity index (χ3n) is 7.72. The molecule has 0 bridgehead atoms. The molecule has 4 N–H and O–H groups in total. The van der Waals surface area contributed by atoms with Gasteiger partial charge in [0.2, 0.25) is 0 Å². The maximum atomic E-state index is 12.5. The van der Waals surface area contributed by atoms with E-state index in [-0.39, 0.29) is 32.6 Å². The van der Waals surface area contributed by atoms with Crippen molar-refractivity contribution in [3.05, 3.63) is 109 Å². The number of phosphoric acid groups is 1. The van der Waals surface area contributed by atoms with Crippen molar-refractivity contribution in [1.29, 1.82) is 0 Å². The molecule has 2 unspecified atom stereocenters. The van der Waals surface area contributed by atoms with E-state index in [0.717, 1.165) is 44.9 Å². The summed E-state index contributed by atoms with van der Waals surface area (Å²) < 4.78 is 32.6. The maximum Gasteiger partial charge on any atom is 0.472 e.